The molecule has 0 radical (unpaired) electrons. The topological polar surface area (TPSA) is 6.48 Å². The highest BCUT2D eigenvalue weighted by molar-refractivity contribution is 7.08. The fourth-order valence-electron chi connectivity index (χ4n) is 3.13. The fourth-order valence-corrected chi connectivity index (χ4v) is 3.78. The van der Waals surface area contributed by atoms with Gasteiger partial charge in [0.05, 0.1) is 0 Å². The molecule has 0 bridgehead atoms. The molecule has 2 nitrogen and oxygen atoms in total. The minimum Gasteiger partial charge on any atom is -0.365 e. The van der Waals surface area contributed by atoms with Crippen LogP contribution in [-0.4, -0.2) is 36.6 Å². The van der Waals surface area contributed by atoms with Gasteiger partial charge in [0.1, 0.15) is 0 Å². The molecule has 0 spiro atoms. The molecule has 2 atom stereocenters. The summed E-state index contributed by atoms with van der Waals surface area (Å²) in [5, 5.41) is 4.48. The van der Waals surface area contributed by atoms with Gasteiger partial charge >= 0.3 is 0 Å². The van der Waals surface area contributed by atoms with E-state index in [4.69, 9.17) is 0 Å². The highest BCUT2D eigenvalue weighted by Crippen LogP contribution is 2.29. The molecule has 16 heavy (non-hydrogen) atoms. The molecule has 88 valence electrons. The number of thiophene rings is 1. The maximum atomic E-state index is 2.71. The van der Waals surface area contributed by atoms with Gasteiger partial charge in [0.25, 0.3) is 0 Å². The number of rotatable bonds is 1. The second-order valence-corrected chi connectivity index (χ2v) is 5.91. The van der Waals surface area contributed by atoms with Crippen molar-refractivity contribution in [3.63, 3.8) is 0 Å². The third-order valence-corrected chi connectivity index (χ3v) is 4.70. The summed E-state index contributed by atoms with van der Waals surface area (Å²) >= 11 is 1.81. The van der Waals surface area contributed by atoms with Crippen LogP contribution in [0.15, 0.2) is 16.8 Å². The Bertz CT molecular complexity index is 336. The van der Waals surface area contributed by atoms with Crippen molar-refractivity contribution in [2.45, 2.75) is 38.3 Å². The zero-order valence-electron chi connectivity index (χ0n) is 9.93. The summed E-state index contributed by atoms with van der Waals surface area (Å²) in [6.07, 6.45) is 4.22. The van der Waals surface area contributed by atoms with Gasteiger partial charge in [-0.2, -0.15) is 11.3 Å². The smallest absolute Gasteiger partial charge is 0.0478 e. The van der Waals surface area contributed by atoms with Crippen LogP contribution in [0.1, 0.15) is 26.2 Å². The average molecular weight is 236 g/mol. The van der Waals surface area contributed by atoms with Crippen LogP contribution in [-0.2, 0) is 0 Å². The van der Waals surface area contributed by atoms with Crippen molar-refractivity contribution in [2.75, 3.05) is 24.5 Å². The summed E-state index contributed by atoms with van der Waals surface area (Å²) in [6.45, 7) is 6.17. The molecule has 2 saturated heterocycles. The van der Waals surface area contributed by atoms with E-state index in [1.165, 1.54) is 44.6 Å². The molecule has 2 aliphatic heterocycles. The van der Waals surface area contributed by atoms with Crippen LogP contribution in [0.5, 0.6) is 0 Å². The van der Waals surface area contributed by atoms with Crippen molar-refractivity contribution in [2.24, 2.45) is 0 Å². The molecule has 2 fully saturated rings. The van der Waals surface area contributed by atoms with E-state index >= 15 is 0 Å². The lowest BCUT2D eigenvalue weighted by Crippen LogP contribution is -2.58. The quantitative estimate of drug-likeness (QED) is 0.740. The van der Waals surface area contributed by atoms with Gasteiger partial charge < -0.3 is 4.90 Å². The molecule has 2 unspecified atom stereocenters. The van der Waals surface area contributed by atoms with E-state index in [2.05, 4.69) is 33.6 Å². The zero-order chi connectivity index (χ0) is 11.0. The van der Waals surface area contributed by atoms with E-state index in [9.17, 15) is 0 Å². The minimum absolute atomic E-state index is 0.670. The molecule has 2 aliphatic rings. The number of nitrogens with zero attached hydrogens (tertiary/aromatic N) is 2. The Morgan fingerprint density at radius 3 is 3.06 bits per heavy atom. The first-order valence-corrected chi connectivity index (χ1v) is 7.32. The number of hydrogen-bond donors (Lipinski definition) is 0. The largest absolute Gasteiger partial charge is 0.365 e. The van der Waals surface area contributed by atoms with Crippen molar-refractivity contribution in [3.05, 3.63) is 16.8 Å². The lowest BCUT2D eigenvalue weighted by atomic mass is 9.97. The predicted molar refractivity (Wildman–Crippen MR) is 70.3 cm³/mol. The van der Waals surface area contributed by atoms with E-state index in [1.807, 2.05) is 11.3 Å². The fraction of sp³-hybridized carbons (Fsp3) is 0.692. The molecule has 0 aromatic carbocycles. The Kier molecular flexibility index (Phi) is 2.90. The molecule has 3 heteroatoms. The van der Waals surface area contributed by atoms with Crippen molar-refractivity contribution in [1.29, 1.82) is 0 Å². The molecular formula is C13H20N2S. The summed E-state index contributed by atoms with van der Waals surface area (Å²) < 4.78 is 0. The molecule has 3 rings (SSSR count). The first-order chi connectivity index (χ1) is 7.84. The Morgan fingerprint density at radius 1 is 1.31 bits per heavy atom. The number of piperidine rings is 1. The van der Waals surface area contributed by atoms with Crippen LogP contribution in [0.2, 0.25) is 0 Å². The summed E-state index contributed by atoms with van der Waals surface area (Å²) in [5.41, 5.74) is 1.43. The van der Waals surface area contributed by atoms with Gasteiger partial charge in [0.2, 0.25) is 0 Å². The average Bonchev–Trinajstić information content (AvgIpc) is 2.81. The van der Waals surface area contributed by atoms with Crippen LogP contribution < -0.4 is 4.90 Å². The molecule has 1 aromatic rings. The standard InChI is InChI=1S/C13H20N2S/c1-11-8-14-6-3-2-4-12(14)9-15(11)13-5-7-16-10-13/h5,7,10-12H,2-4,6,8-9H2,1H3. The van der Waals surface area contributed by atoms with E-state index in [-0.39, 0.29) is 0 Å². The Hall–Kier alpha value is -0.540. The van der Waals surface area contributed by atoms with Crippen LogP contribution >= 0.6 is 11.3 Å². The zero-order valence-corrected chi connectivity index (χ0v) is 10.7. The maximum Gasteiger partial charge on any atom is 0.0478 e. The molecule has 0 aliphatic carbocycles. The van der Waals surface area contributed by atoms with Gasteiger partial charge in [-0.3, -0.25) is 4.90 Å². The molecule has 0 saturated carbocycles. The molecular weight excluding hydrogens is 216 g/mol. The van der Waals surface area contributed by atoms with Gasteiger partial charge in [-0.05, 0) is 37.8 Å². The van der Waals surface area contributed by atoms with E-state index < -0.39 is 0 Å². The summed E-state index contributed by atoms with van der Waals surface area (Å²) in [6, 6.07) is 3.74. The normalized spacial score (nSPS) is 31.4. The van der Waals surface area contributed by atoms with Crippen LogP contribution in [0.25, 0.3) is 0 Å². The molecule has 3 heterocycles. The molecule has 0 N–H and O–H groups in total. The Balaban J connectivity index is 1.76. The third-order valence-electron chi connectivity index (χ3n) is 4.03. The second kappa shape index (κ2) is 4.38. The van der Waals surface area contributed by atoms with Crippen molar-refractivity contribution >= 4 is 17.0 Å². The Morgan fingerprint density at radius 2 is 2.25 bits per heavy atom. The molecule has 1 aromatic heterocycles. The molecule has 0 amide bonds. The lowest BCUT2D eigenvalue weighted by molar-refractivity contribution is 0.115. The monoisotopic (exact) mass is 236 g/mol. The van der Waals surface area contributed by atoms with E-state index in [0.29, 0.717) is 6.04 Å². The number of anilines is 1. The van der Waals surface area contributed by atoms with Crippen LogP contribution in [0, 0.1) is 0 Å². The van der Waals surface area contributed by atoms with Crippen molar-refractivity contribution in [3.8, 4) is 0 Å². The lowest BCUT2D eigenvalue weighted by Gasteiger charge is -2.48. The van der Waals surface area contributed by atoms with Crippen molar-refractivity contribution < 1.29 is 0 Å². The van der Waals surface area contributed by atoms with Gasteiger partial charge in [0, 0.05) is 36.2 Å². The van der Waals surface area contributed by atoms with Gasteiger partial charge in [0.15, 0.2) is 0 Å². The SMILES string of the molecule is CC1CN2CCCCC2CN1c1ccsc1. The first kappa shape index (κ1) is 10.6. The summed E-state index contributed by atoms with van der Waals surface area (Å²) in [7, 11) is 0. The van der Waals surface area contributed by atoms with Gasteiger partial charge in [-0.15, -0.1) is 0 Å². The second-order valence-electron chi connectivity index (χ2n) is 5.13. The number of fused-ring (bicyclic) bond motifs is 1. The minimum atomic E-state index is 0.670. The van der Waals surface area contributed by atoms with E-state index in [1.54, 1.807) is 0 Å². The third kappa shape index (κ3) is 1.87. The highest BCUT2D eigenvalue weighted by atomic mass is 32.1. The van der Waals surface area contributed by atoms with Gasteiger partial charge in [-0.25, -0.2) is 0 Å². The highest BCUT2D eigenvalue weighted by Gasteiger charge is 2.32. The first-order valence-electron chi connectivity index (χ1n) is 6.37. The maximum absolute atomic E-state index is 2.71. The van der Waals surface area contributed by atoms with Crippen LogP contribution in [0.4, 0.5) is 5.69 Å². The number of hydrogen-bond acceptors (Lipinski definition) is 3. The van der Waals surface area contributed by atoms with Gasteiger partial charge in [-0.1, -0.05) is 6.42 Å². The summed E-state index contributed by atoms with van der Waals surface area (Å²) in [4.78, 5) is 5.31. The predicted octanol–water partition coefficient (Wildman–Crippen LogP) is 2.81. The Labute approximate surface area is 102 Å². The van der Waals surface area contributed by atoms with Crippen molar-refractivity contribution in [1.82, 2.24) is 4.90 Å². The van der Waals surface area contributed by atoms with Crippen LogP contribution in [0.3, 0.4) is 0 Å². The van der Waals surface area contributed by atoms with E-state index in [0.717, 1.165) is 6.04 Å². The summed E-state index contributed by atoms with van der Waals surface area (Å²) in [5.74, 6) is 0. The number of piperazine rings is 1.